The summed E-state index contributed by atoms with van der Waals surface area (Å²) < 4.78 is 1.21. The third kappa shape index (κ3) is 5.05. The van der Waals surface area contributed by atoms with Crippen LogP contribution in [0, 0.1) is 5.41 Å². The van der Waals surface area contributed by atoms with Crippen molar-refractivity contribution >= 4 is 44.7 Å². The minimum atomic E-state index is -0.110. The zero-order valence-electron chi connectivity index (χ0n) is 17.2. The quantitative estimate of drug-likeness (QED) is 0.530. The number of fused-ring (bicyclic) bond motifs is 1. The highest BCUT2D eigenvalue weighted by Gasteiger charge is 2.35. The predicted molar refractivity (Wildman–Crippen MR) is 123 cm³/mol. The molecule has 156 valence electrons. The lowest BCUT2D eigenvalue weighted by molar-refractivity contribution is -0.119. The molecule has 5 nitrogen and oxygen atoms in total. The van der Waals surface area contributed by atoms with Gasteiger partial charge < -0.3 is 10.6 Å². The second-order valence-corrected chi connectivity index (χ2v) is 9.41. The summed E-state index contributed by atoms with van der Waals surface area (Å²) in [5, 5.41) is 6.91. The van der Waals surface area contributed by atoms with Crippen LogP contribution in [-0.4, -0.2) is 16.8 Å². The Balaban J connectivity index is 1.45. The first-order valence-electron chi connectivity index (χ1n) is 10.5. The lowest BCUT2D eigenvalue weighted by atomic mass is 9.69. The summed E-state index contributed by atoms with van der Waals surface area (Å²) in [5.74, 6) is -0.0637. The number of anilines is 2. The zero-order chi connectivity index (χ0) is 21.0. The molecule has 1 aliphatic carbocycles. The van der Waals surface area contributed by atoms with Crippen LogP contribution in [0.4, 0.5) is 11.4 Å². The highest BCUT2D eigenvalue weighted by molar-refractivity contribution is 7.18. The standard InChI is InChI=1S/C24H27N3O2S/c1-17(28)25-18-9-11-19(12-10-18)26-22(29)15-24(13-5-2-6-14-24)16-23-27-20-7-3-4-8-21(20)30-23/h3-4,7-12H,2,5-6,13-16H2,1H3,(H,25,28)(H,26,29). The number of rotatable bonds is 6. The average molecular weight is 422 g/mol. The maximum atomic E-state index is 12.9. The van der Waals surface area contributed by atoms with Gasteiger partial charge in [-0.3, -0.25) is 9.59 Å². The number of para-hydroxylation sites is 1. The largest absolute Gasteiger partial charge is 0.326 e. The molecule has 0 radical (unpaired) electrons. The second-order valence-electron chi connectivity index (χ2n) is 8.30. The molecule has 1 aliphatic rings. The molecule has 0 aliphatic heterocycles. The van der Waals surface area contributed by atoms with E-state index in [1.165, 1.54) is 30.9 Å². The van der Waals surface area contributed by atoms with E-state index in [0.717, 1.165) is 41.2 Å². The van der Waals surface area contributed by atoms with Crippen molar-refractivity contribution < 1.29 is 9.59 Å². The van der Waals surface area contributed by atoms with Gasteiger partial charge in [0.15, 0.2) is 0 Å². The van der Waals surface area contributed by atoms with E-state index >= 15 is 0 Å². The van der Waals surface area contributed by atoms with Crippen molar-refractivity contribution in [3.63, 3.8) is 0 Å². The Morgan fingerprint density at radius 2 is 1.63 bits per heavy atom. The third-order valence-corrected chi connectivity index (χ3v) is 6.84. The number of hydrogen-bond acceptors (Lipinski definition) is 4. The van der Waals surface area contributed by atoms with E-state index in [1.807, 2.05) is 24.3 Å². The van der Waals surface area contributed by atoms with E-state index in [1.54, 1.807) is 23.5 Å². The van der Waals surface area contributed by atoms with Gasteiger partial charge in [0.05, 0.1) is 15.2 Å². The van der Waals surface area contributed by atoms with Gasteiger partial charge in [-0.15, -0.1) is 11.3 Å². The van der Waals surface area contributed by atoms with Crippen molar-refractivity contribution in [2.24, 2.45) is 5.41 Å². The molecule has 0 atom stereocenters. The minimum Gasteiger partial charge on any atom is -0.326 e. The Morgan fingerprint density at radius 1 is 0.967 bits per heavy atom. The first-order chi connectivity index (χ1) is 14.5. The Hall–Kier alpha value is -2.73. The molecule has 3 aromatic rings. The van der Waals surface area contributed by atoms with Crippen LogP contribution in [0.15, 0.2) is 48.5 Å². The lowest BCUT2D eigenvalue weighted by Crippen LogP contribution is -2.32. The van der Waals surface area contributed by atoms with E-state index in [0.29, 0.717) is 6.42 Å². The SMILES string of the molecule is CC(=O)Nc1ccc(NC(=O)CC2(Cc3nc4ccccc4s3)CCCCC2)cc1. The monoisotopic (exact) mass is 421 g/mol. The Kier molecular flexibility index (Phi) is 6.13. The summed E-state index contributed by atoms with van der Waals surface area (Å²) in [6.07, 6.45) is 7.09. The summed E-state index contributed by atoms with van der Waals surface area (Å²) in [6, 6.07) is 15.5. The van der Waals surface area contributed by atoms with Crippen molar-refractivity contribution in [3.05, 3.63) is 53.5 Å². The molecule has 0 bridgehead atoms. The van der Waals surface area contributed by atoms with Crippen molar-refractivity contribution in [1.29, 1.82) is 0 Å². The van der Waals surface area contributed by atoms with Gasteiger partial charge in [-0.25, -0.2) is 4.98 Å². The molecule has 1 saturated carbocycles. The number of amides is 2. The molecule has 1 aromatic heterocycles. The molecule has 2 amide bonds. The van der Waals surface area contributed by atoms with Crippen molar-refractivity contribution in [2.45, 2.75) is 51.9 Å². The fraction of sp³-hybridized carbons (Fsp3) is 0.375. The van der Waals surface area contributed by atoms with Gasteiger partial charge in [0, 0.05) is 31.1 Å². The van der Waals surface area contributed by atoms with E-state index < -0.39 is 0 Å². The van der Waals surface area contributed by atoms with Crippen LogP contribution in [0.25, 0.3) is 10.2 Å². The molecule has 4 rings (SSSR count). The van der Waals surface area contributed by atoms with Crippen LogP contribution >= 0.6 is 11.3 Å². The number of aromatic nitrogens is 1. The summed E-state index contributed by atoms with van der Waals surface area (Å²) in [5.41, 5.74) is 2.50. The molecule has 30 heavy (non-hydrogen) atoms. The topological polar surface area (TPSA) is 71.1 Å². The highest BCUT2D eigenvalue weighted by Crippen LogP contribution is 2.43. The summed E-state index contributed by atoms with van der Waals surface area (Å²) in [6.45, 7) is 1.48. The fourth-order valence-corrected chi connectivity index (χ4v) is 5.56. The number of nitrogens with zero attached hydrogens (tertiary/aromatic N) is 1. The van der Waals surface area contributed by atoms with Crippen LogP contribution in [0.2, 0.25) is 0 Å². The minimum absolute atomic E-state index is 0.0215. The number of carbonyl (C=O) groups excluding carboxylic acids is 2. The normalized spacial score (nSPS) is 15.6. The van der Waals surface area contributed by atoms with Gasteiger partial charge in [-0.2, -0.15) is 0 Å². The highest BCUT2D eigenvalue weighted by atomic mass is 32.1. The van der Waals surface area contributed by atoms with Crippen LogP contribution in [0.5, 0.6) is 0 Å². The predicted octanol–water partition coefficient (Wildman–Crippen LogP) is 5.78. The number of carbonyl (C=O) groups is 2. The molecule has 0 unspecified atom stereocenters. The van der Waals surface area contributed by atoms with Gasteiger partial charge >= 0.3 is 0 Å². The smallest absolute Gasteiger partial charge is 0.224 e. The summed E-state index contributed by atoms with van der Waals surface area (Å²) >= 11 is 1.75. The van der Waals surface area contributed by atoms with Crippen molar-refractivity contribution in [2.75, 3.05) is 10.6 Å². The van der Waals surface area contributed by atoms with Gasteiger partial charge in [0.2, 0.25) is 11.8 Å². The lowest BCUT2D eigenvalue weighted by Gasteiger charge is -2.36. The summed E-state index contributed by atoms with van der Waals surface area (Å²) in [7, 11) is 0. The molecule has 1 heterocycles. The Labute approximate surface area is 180 Å². The van der Waals surface area contributed by atoms with E-state index in [2.05, 4.69) is 22.8 Å². The molecule has 6 heteroatoms. The van der Waals surface area contributed by atoms with Crippen LogP contribution in [-0.2, 0) is 16.0 Å². The van der Waals surface area contributed by atoms with Crippen LogP contribution in [0.1, 0.15) is 50.5 Å². The van der Waals surface area contributed by atoms with Crippen molar-refractivity contribution in [3.8, 4) is 0 Å². The maximum Gasteiger partial charge on any atom is 0.224 e. The number of benzene rings is 2. The fourth-order valence-electron chi connectivity index (χ4n) is 4.42. The van der Waals surface area contributed by atoms with Gasteiger partial charge in [-0.05, 0) is 54.7 Å². The van der Waals surface area contributed by atoms with Crippen molar-refractivity contribution in [1.82, 2.24) is 4.98 Å². The summed E-state index contributed by atoms with van der Waals surface area (Å²) in [4.78, 5) is 28.9. The molecule has 0 saturated heterocycles. The Bertz CT molecular complexity index is 1000. The molecule has 2 N–H and O–H groups in total. The zero-order valence-corrected chi connectivity index (χ0v) is 18.1. The molecule has 1 fully saturated rings. The number of thiazole rings is 1. The number of nitrogens with one attached hydrogen (secondary N) is 2. The van der Waals surface area contributed by atoms with Gasteiger partial charge in [-0.1, -0.05) is 31.4 Å². The average Bonchev–Trinajstić information content (AvgIpc) is 3.11. The molecular formula is C24H27N3O2S. The molecule has 0 spiro atoms. The molecule has 2 aromatic carbocycles. The first kappa shape index (κ1) is 20.5. The van der Waals surface area contributed by atoms with E-state index in [4.69, 9.17) is 4.98 Å². The first-order valence-corrected chi connectivity index (χ1v) is 11.4. The van der Waals surface area contributed by atoms with E-state index in [-0.39, 0.29) is 17.2 Å². The second kappa shape index (κ2) is 8.96. The maximum absolute atomic E-state index is 12.9. The third-order valence-electron chi connectivity index (χ3n) is 5.80. The van der Waals surface area contributed by atoms with Gasteiger partial charge in [0.25, 0.3) is 0 Å². The molecular weight excluding hydrogens is 394 g/mol. The van der Waals surface area contributed by atoms with E-state index in [9.17, 15) is 9.59 Å². The van der Waals surface area contributed by atoms with Crippen LogP contribution < -0.4 is 10.6 Å². The van der Waals surface area contributed by atoms with Crippen LogP contribution in [0.3, 0.4) is 0 Å². The Morgan fingerprint density at radius 3 is 2.30 bits per heavy atom. The van der Waals surface area contributed by atoms with Gasteiger partial charge in [0.1, 0.15) is 0 Å². The number of hydrogen-bond donors (Lipinski definition) is 2.